The normalized spacial score (nSPS) is 23.5. The Morgan fingerprint density at radius 3 is 2.46 bits per heavy atom. The van der Waals surface area contributed by atoms with Crippen LogP contribution in [0.5, 0.6) is 0 Å². The van der Waals surface area contributed by atoms with Gasteiger partial charge in [0.25, 0.3) is 0 Å². The van der Waals surface area contributed by atoms with Gasteiger partial charge in [0.05, 0.1) is 13.2 Å². The monoisotopic (exact) mass is 361 g/mol. The van der Waals surface area contributed by atoms with Gasteiger partial charge in [0.2, 0.25) is 11.8 Å². The van der Waals surface area contributed by atoms with E-state index < -0.39 is 0 Å². The molecule has 2 N–H and O–H groups in total. The number of carbonyl (C=O) groups is 2. The molecule has 0 aliphatic carbocycles. The highest BCUT2D eigenvalue weighted by Gasteiger charge is 2.29. The third kappa shape index (κ3) is 6.22. The lowest BCUT2D eigenvalue weighted by Gasteiger charge is -2.33. The molecule has 2 aliphatic heterocycles. The second kappa shape index (κ2) is 10.2. The van der Waals surface area contributed by atoms with Crippen molar-refractivity contribution in [2.75, 3.05) is 32.8 Å². The van der Waals surface area contributed by atoms with Crippen LogP contribution in [0.1, 0.15) is 40.0 Å². The van der Waals surface area contributed by atoms with Crippen LogP contribution in [0.3, 0.4) is 0 Å². The molecule has 0 saturated carbocycles. The van der Waals surface area contributed by atoms with E-state index in [1.165, 1.54) is 0 Å². The van der Waals surface area contributed by atoms with Crippen LogP contribution in [0.2, 0.25) is 0 Å². The third-order valence-electron chi connectivity index (χ3n) is 5.01. The quantitative estimate of drug-likeness (QED) is 0.771. The number of likely N-dealkylation sites (tertiary alicyclic amines) is 1. The maximum atomic E-state index is 12.3. The van der Waals surface area contributed by atoms with Crippen molar-refractivity contribution in [1.29, 1.82) is 0 Å². The minimum absolute atomic E-state index is 0. The molecule has 2 amide bonds. The fraction of sp³-hybridized carbons (Fsp3) is 0.882. The van der Waals surface area contributed by atoms with E-state index >= 15 is 0 Å². The number of halogens is 1. The summed E-state index contributed by atoms with van der Waals surface area (Å²) in [5.41, 5.74) is 0. The highest BCUT2D eigenvalue weighted by atomic mass is 35.5. The summed E-state index contributed by atoms with van der Waals surface area (Å²) in [4.78, 5) is 26.5. The van der Waals surface area contributed by atoms with Crippen molar-refractivity contribution >= 4 is 24.2 Å². The van der Waals surface area contributed by atoms with Gasteiger partial charge in [0, 0.05) is 44.1 Å². The average Bonchev–Trinajstić information content (AvgIpc) is 2.55. The number of nitrogens with zero attached hydrogens (tertiary/aromatic N) is 1. The fourth-order valence-electron chi connectivity index (χ4n) is 2.99. The van der Waals surface area contributed by atoms with Gasteiger partial charge in [-0.05, 0) is 25.7 Å². The van der Waals surface area contributed by atoms with E-state index in [4.69, 9.17) is 4.74 Å². The lowest BCUT2D eigenvalue weighted by molar-refractivity contribution is -0.136. The van der Waals surface area contributed by atoms with Gasteiger partial charge in [-0.15, -0.1) is 12.4 Å². The first-order valence-electron chi connectivity index (χ1n) is 8.86. The molecule has 0 radical (unpaired) electrons. The average molecular weight is 362 g/mol. The summed E-state index contributed by atoms with van der Waals surface area (Å²) >= 11 is 0. The first-order chi connectivity index (χ1) is 11.0. The van der Waals surface area contributed by atoms with Gasteiger partial charge >= 0.3 is 0 Å². The van der Waals surface area contributed by atoms with Crippen molar-refractivity contribution in [3.05, 3.63) is 0 Å². The molecule has 6 nitrogen and oxygen atoms in total. The van der Waals surface area contributed by atoms with Crippen LogP contribution in [-0.2, 0) is 14.3 Å². The Hall–Kier alpha value is -0.850. The molecule has 2 heterocycles. The molecule has 2 fully saturated rings. The topological polar surface area (TPSA) is 70.7 Å². The maximum Gasteiger partial charge on any atom is 0.224 e. The summed E-state index contributed by atoms with van der Waals surface area (Å²) in [5.74, 6) is 0.783. The molecule has 0 aromatic rings. The first kappa shape index (κ1) is 21.2. The molecule has 0 bridgehead atoms. The summed E-state index contributed by atoms with van der Waals surface area (Å²) in [6.07, 6.45) is 2.01. The van der Waals surface area contributed by atoms with Crippen LogP contribution in [0.25, 0.3) is 0 Å². The van der Waals surface area contributed by atoms with Gasteiger partial charge in [-0.25, -0.2) is 0 Å². The fourth-order valence-corrected chi connectivity index (χ4v) is 2.99. The Morgan fingerprint density at radius 2 is 1.92 bits per heavy atom. The number of amides is 2. The van der Waals surface area contributed by atoms with Gasteiger partial charge in [-0.1, -0.05) is 13.8 Å². The molecule has 0 aromatic heterocycles. The molecule has 0 aromatic carbocycles. The van der Waals surface area contributed by atoms with Crippen LogP contribution >= 0.6 is 12.4 Å². The zero-order chi connectivity index (χ0) is 16.8. The molecular weight excluding hydrogens is 330 g/mol. The van der Waals surface area contributed by atoms with Crippen molar-refractivity contribution < 1.29 is 14.3 Å². The van der Waals surface area contributed by atoms with Crippen molar-refractivity contribution in [3.63, 3.8) is 0 Å². The van der Waals surface area contributed by atoms with Gasteiger partial charge < -0.3 is 20.3 Å². The van der Waals surface area contributed by atoms with Crippen molar-refractivity contribution in [2.45, 2.75) is 52.1 Å². The zero-order valence-corrected chi connectivity index (χ0v) is 15.9. The Bertz CT molecular complexity index is 406. The molecular formula is C17H32ClN3O3. The SMILES string of the molecule is CC(C)C(C)NC(=O)C1CCN(C(=O)CC2COCCN2)CC1.Cl. The van der Waals surface area contributed by atoms with Crippen LogP contribution in [0.4, 0.5) is 0 Å². The summed E-state index contributed by atoms with van der Waals surface area (Å²) in [6.45, 7) is 9.76. The Kier molecular flexibility index (Phi) is 9.02. The number of hydrogen-bond donors (Lipinski definition) is 2. The zero-order valence-electron chi connectivity index (χ0n) is 15.0. The Balaban J connectivity index is 0.00000288. The standard InChI is InChI=1S/C17H31N3O3.ClH/c1-12(2)13(3)19-17(22)14-4-7-20(8-5-14)16(21)10-15-11-23-9-6-18-15;/h12-15,18H,4-11H2,1-3H3,(H,19,22);1H. The Morgan fingerprint density at radius 1 is 1.25 bits per heavy atom. The summed E-state index contributed by atoms with van der Waals surface area (Å²) in [5, 5.41) is 6.40. The Labute approximate surface area is 151 Å². The van der Waals surface area contributed by atoms with E-state index in [0.717, 1.165) is 26.0 Å². The molecule has 2 rings (SSSR count). The number of morpholine rings is 1. The van der Waals surface area contributed by atoms with Gasteiger partial charge in [-0.3, -0.25) is 9.59 Å². The van der Waals surface area contributed by atoms with E-state index in [1.54, 1.807) is 0 Å². The smallest absolute Gasteiger partial charge is 0.224 e. The van der Waals surface area contributed by atoms with E-state index in [2.05, 4.69) is 24.5 Å². The summed E-state index contributed by atoms with van der Waals surface area (Å²) < 4.78 is 5.39. The van der Waals surface area contributed by atoms with Crippen LogP contribution < -0.4 is 10.6 Å². The molecule has 24 heavy (non-hydrogen) atoms. The number of hydrogen-bond acceptors (Lipinski definition) is 4. The number of carbonyl (C=O) groups excluding carboxylic acids is 2. The van der Waals surface area contributed by atoms with Crippen molar-refractivity contribution in [3.8, 4) is 0 Å². The summed E-state index contributed by atoms with van der Waals surface area (Å²) in [7, 11) is 0. The summed E-state index contributed by atoms with van der Waals surface area (Å²) in [6, 6.07) is 0.323. The van der Waals surface area contributed by atoms with E-state index in [1.807, 2.05) is 11.8 Å². The lowest BCUT2D eigenvalue weighted by atomic mass is 9.94. The highest BCUT2D eigenvalue weighted by molar-refractivity contribution is 5.85. The molecule has 140 valence electrons. The van der Waals surface area contributed by atoms with Gasteiger partial charge in [0.1, 0.15) is 0 Å². The number of ether oxygens (including phenoxy) is 1. The predicted octanol–water partition coefficient (Wildman–Crippen LogP) is 1.19. The minimum atomic E-state index is 0. The molecule has 2 atom stereocenters. The van der Waals surface area contributed by atoms with Gasteiger partial charge in [0.15, 0.2) is 0 Å². The second-order valence-electron chi connectivity index (χ2n) is 7.13. The van der Waals surface area contributed by atoms with Crippen molar-refractivity contribution in [2.24, 2.45) is 11.8 Å². The van der Waals surface area contributed by atoms with Crippen LogP contribution in [-0.4, -0.2) is 61.6 Å². The third-order valence-corrected chi connectivity index (χ3v) is 5.01. The molecule has 2 saturated heterocycles. The van der Waals surface area contributed by atoms with Crippen molar-refractivity contribution in [1.82, 2.24) is 15.5 Å². The second-order valence-corrected chi connectivity index (χ2v) is 7.13. The number of piperidine rings is 1. The molecule has 0 spiro atoms. The molecule has 2 unspecified atom stereocenters. The predicted molar refractivity (Wildman–Crippen MR) is 96.2 cm³/mol. The number of rotatable bonds is 5. The maximum absolute atomic E-state index is 12.3. The molecule has 7 heteroatoms. The van der Waals surface area contributed by atoms with Crippen LogP contribution in [0.15, 0.2) is 0 Å². The van der Waals surface area contributed by atoms with Gasteiger partial charge in [-0.2, -0.15) is 0 Å². The van der Waals surface area contributed by atoms with E-state index in [0.29, 0.717) is 32.0 Å². The van der Waals surface area contributed by atoms with E-state index in [-0.39, 0.29) is 42.2 Å². The first-order valence-corrected chi connectivity index (χ1v) is 8.86. The lowest BCUT2D eigenvalue weighted by Crippen LogP contribution is -2.48. The molecule has 2 aliphatic rings. The van der Waals surface area contributed by atoms with E-state index in [9.17, 15) is 9.59 Å². The minimum Gasteiger partial charge on any atom is -0.378 e. The largest absolute Gasteiger partial charge is 0.378 e. The highest BCUT2D eigenvalue weighted by Crippen LogP contribution is 2.19. The number of nitrogens with one attached hydrogen (secondary N) is 2. The van der Waals surface area contributed by atoms with Crippen LogP contribution in [0, 0.1) is 11.8 Å².